The maximum Gasteiger partial charge on any atom is 0.0548 e. The van der Waals surface area contributed by atoms with E-state index < -0.39 is 0 Å². The molecule has 0 N–H and O–H groups in total. The molecular formula is C56H36N2S. The van der Waals surface area contributed by atoms with E-state index in [1.54, 1.807) is 0 Å². The third kappa shape index (κ3) is 5.62. The molecule has 12 aromatic rings. The zero-order valence-corrected chi connectivity index (χ0v) is 32.9. The second-order valence-corrected chi connectivity index (χ2v) is 16.4. The fourth-order valence-electron chi connectivity index (χ4n) is 9.08. The highest BCUT2D eigenvalue weighted by Gasteiger charge is 2.17. The molecule has 0 amide bonds. The predicted molar refractivity (Wildman–Crippen MR) is 254 cm³/mol. The zero-order chi connectivity index (χ0) is 38.9. The Morgan fingerprint density at radius 2 is 0.847 bits per heavy atom. The highest BCUT2D eigenvalue weighted by Crippen LogP contribution is 2.42. The molecule has 0 aliphatic heterocycles. The van der Waals surface area contributed by atoms with Crippen molar-refractivity contribution in [1.82, 2.24) is 4.57 Å². The summed E-state index contributed by atoms with van der Waals surface area (Å²) in [5.41, 5.74) is 11.7. The molecule has 0 bridgehead atoms. The number of benzene rings is 10. The summed E-state index contributed by atoms with van der Waals surface area (Å²) in [4.78, 5) is 2.33. The van der Waals surface area contributed by atoms with Gasteiger partial charge < -0.3 is 9.47 Å². The van der Waals surface area contributed by atoms with E-state index >= 15 is 0 Å². The smallest absolute Gasteiger partial charge is 0.0548 e. The van der Waals surface area contributed by atoms with Gasteiger partial charge in [0.1, 0.15) is 0 Å². The molecule has 2 nitrogen and oxygen atoms in total. The van der Waals surface area contributed by atoms with Crippen LogP contribution in [0.4, 0.5) is 17.1 Å². The number of rotatable bonds is 6. The van der Waals surface area contributed by atoms with Crippen LogP contribution in [0.5, 0.6) is 0 Å². The van der Waals surface area contributed by atoms with E-state index in [1.165, 1.54) is 85.8 Å². The SMILES string of the molecule is c1ccc(N(c2ccc(-c3ccc(-n4c5ccccc5c5cc6sc7ccccc7c6cc54)cc3)cc2)c2ccc(-c3ccc4ccc5ccccc5c4c3)cc2)cc1. The summed E-state index contributed by atoms with van der Waals surface area (Å²) >= 11 is 1.88. The molecule has 12 rings (SSSR count). The molecule has 2 heterocycles. The number of thiophene rings is 1. The van der Waals surface area contributed by atoms with Crippen molar-refractivity contribution in [2.75, 3.05) is 4.90 Å². The molecule has 0 aliphatic rings. The molecule has 3 heteroatoms. The second kappa shape index (κ2) is 13.6. The molecule has 0 spiro atoms. The molecular weight excluding hydrogens is 733 g/mol. The van der Waals surface area contributed by atoms with Crippen molar-refractivity contribution >= 4 is 91.9 Å². The Kier molecular flexibility index (Phi) is 7.75. The number of hydrogen-bond acceptors (Lipinski definition) is 2. The fraction of sp³-hybridized carbons (Fsp3) is 0. The van der Waals surface area contributed by atoms with Gasteiger partial charge in [0.2, 0.25) is 0 Å². The molecule has 0 saturated carbocycles. The van der Waals surface area contributed by atoms with Crippen LogP contribution in [0.1, 0.15) is 0 Å². The van der Waals surface area contributed by atoms with Gasteiger partial charge in [-0.1, -0.05) is 140 Å². The number of fused-ring (bicyclic) bond motifs is 9. The minimum Gasteiger partial charge on any atom is -0.311 e. The van der Waals surface area contributed by atoms with Crippen LogP contribution >= 0.6 is 11.3 Å². The standard InChI is InChI=1S/C56H36N2S/c1-2-11-43(12-3-1)57(45-30-26-39(27-31-45)42-21-20-41-19-18-40-10-4-5-13-47(40)50(41)34-42)44-28-22-37(23-29-44)38-24-32-46(33-25-38)58-53-16-8-6-14-48(53)51-36-56-52(35-54(51)58)49-15-7-9-17-55(49)59-56/h1-36H. The summed E-state index contributed by atoms with van der Waals surface area (Å²) < 4.78 is 5.09. The molecule has 2 aromatic heterocycles. The van der Waals surface area contributed by atoms with E-state index in [0.29, 0.717) is 0 Å². The van der Waals surface area contributed by atoms with Gasteiger partial charge in [0.05, 0.1) is 11.0 Å². The number of hydrogen-bond donors (Lipinski definition) is 0. The average molecular weight is 769 g/mol. The van der Waals surface area contributed by atoms with Crippen molar-refractivity contribution in [1.29, 1.82) is 0 Å². The van der Waals surface area contributed by atoms with Gasteiger partial charge in [-0.15, -0.1) is 11.3 Å². The molecule has 276 valence electrons. The minimum atomic E-state index is 1.11. The van der Waals surface area contributed by atoms with Gasteiger partial charge in [0.15, 0.2) is 0 Å². The molecule has 0 fully saturated rings. The van der Waals surface area contributed by atoms with E-state index in [4.69, 9.17) is 0 Å². The first-order valence-corrected chi connectivity index (χ1v) is 21.0. The van der Waals surface area contributed by atoms with E-state index in [0.717, 1.165) is 22.7 Å². The van der Waals surface area contributed by atoms with Crippen LogP contribution in [-0.2, 0) is 0 Å². The van der Waals surface area contributed by atoms with Crippen molar-refractivity contribution in [2.24, 2.45) is 0 Å². The maximum absolute atomic E-state index is 2.42. The van der Waals surface area contributed by atoms with Gasteiger partial charge in [0.25, 0.3) is 0 Å². The normalized spacial score (nSPS) is 11.7. The second-order valence-electron chi connectivity index (χ2n) is 15.4. The van der Waals surface area contributed by atoms with E-state index in [-0.39, 0.29) is 0 Å². The quantitative estimate of drug-likeness (QED) is 0.153. The molecule has 0 radical (unpaired) electrons. The molecule has 0 saturated heterocycles. The highest BCUT2D eigenvalue weighted by atomic mass is 32.1. The number of aromatic nitrogens is 1. The lowest BCUT2D eigenvalue weighted by atomic mass is 9.97. The minimum absolute atomic E-state index is 1.11. The first-order chi connectivity index (χ1) is 29.2. The fourth-order valence-corrected chi connectivity index (χ4v) is 10.2. The monoisotopic (exact) mass is 768 g/mol. The predicted octanol–water partition coefficient (Wildman–Crippen LogP) is 16.3. The van der Waals surface area contributed by atoms with Crippen LogP contribution in [0.2, 0.25) is 0 Å². The molecule has 0 aliphatic carbocycles. The van der Waals surface area contributed by atoms with Crippen LogP contribution in [0.15, 0.2) is 218 Å². The van der Waals surface area contributed by atoms with Gasteiger partial charge in [-0.3, -0.25) is 0 Å². The Bertz CT molecular complexity index is 3520. The summed E-state index contributed by atoms with van der Waals surface area (Å²) in [5, 5.41) is 10.3. The summed E-state index contributed by atoms with van der Waals surface area (Å²) in [6.45, 7) is 0. The van der Waals surface area contributed by atoms with Crippen LogP contribution in [-0.4, -0.2) is 4.57 Å². The Morgan fingerprint density at radius 1 is 0.305 bits per heavy atom. The Balaban J connectivity index is 0.876. The van der Waals surface area contributed by atoms with E-state index in [9.17, 15) is 0 Å². The molecule has 10 aromatic carbocycles. The van der Waals surface area contributed by atoms with E-state index in [2.05, 4.69) is 228 Å². The highest BCUT2D eigenvalue weighted by molar-refractivity contribution is 7.25. The summed E-state index contributed by atoms with van der Waals surface area (Å²) in [7, 11) is 0. The van der Waals surface area contributed by atoms with Gasteiger partial charge in [-0.05, 0) is 123 Å². The van der Waals surface area contributed by atoms with Crippen molar-refractivity contribution in [3.8, 4) is 27.9 Å². The van der Waals surface area contributed by atoms with Gasteiger partial charge >= 0.3 is 0 Å². The maximum atomic E-state index is 2.42. The Hall–Kier alpha value is -7.46. The number of anilines is 3. The topological polar surface area (TPSA) is 8.17 Å². The Morgan fingerprint density at radius 3 is 1.59 bits per heavy atom. The van der Waals surface area contributed by atoms with Gasteiger partial charge in [0, 0.05) is 53.7 Å². The number of nitrogens with zero attached hydrogens (tertiary/aromatic N) is 2. The van der Waals surface area contributed by atoms with Crippen molar-refractivity contribution in [3.63, 3.8) is 0 Å². The Labute approximate surface area is 346 Å². The zero-order valence-electron chi connectivity index (χ0n) is 32.1. The first kappa shape index (κ1) is 33.7. The lowest BCUT2D eigenvalue weighted by Crippen LogP contribution is -2.09. The van der Waals surface area contributed by atoms with Gasteiger partial charge in [-0.25, -0.2) is 0 Å². The van der Waals surface area contributed by atoms with Crippen molar-refractivity contribution in [2.45, 2.75) is 0 Å². The van der Waals surface area contributed by atoms with Crippen molar-refractivity contribution in [3.05, 3.63) is 218 Å². The van der Waals surface area contributed by atoms with Crippen LogP contribution in [0, 0.1) is 0 Å². The average Bonchev–Trinajstić information content (AvgIpc) is 3.84. The summed E-state index contributed by atoms with van der Waals surface area (Å²) in [6.07, 6.45) is 0. The summed E-state index contributed by atoms with van der Waals surface area (Å²) in [5.74, 6) is 0. The molecule has 0 atom stereocenters. The third-order valence-corrected chi connectivity index (χ3v) is 13.1. The van der Waals surface area contributed by atoms with Crippen LogP contribution < -0.4 is 4.90 Å². The lowest BCUT2D eigenvalue weighted by Gasteiger charge is -2.26. The van der Waals surface area contributed by atoms with Crippen LogP contribution in [0.25, 0.3) is 91.5 Å². The van der Waals surface area contributed by atoms with Crippen LogP contribution in [0.3, 0.4) is 0 Å². The largest absolute Gasteiger partial charge is 0.311 e. The van der Waals surface area contributed by atoms with Crippen molar-refractivity contribution < 1.29 is 0 Å². The molecule has 0 unspecified atom stereocenters. The summed E-state index contributed by atoms with van der Waals surface area (Å²) in [6, 6.07) is 79.8. The van der Waals surface area contributed by atoms with E-state index in [1.807, 2.05) is 11.3 Å². The molecule has 59 heavy (non-hydrogen) atoms. The third-order valence-electron chi connectivity index (χ3n) is 12.0. The first-order valence-electron chi connectivity index (χ1n) is 20.2. The van der Waals surface area contributed by atoms with Gasteiger partial charge in [-0.2, -0.15) is 0 Å². The lowest BCUT2D eigenvalue weighted by molar-refractivity contribution is 1.18. The number of para-hydroxylation sites is 2.